The van der Waals surface area contributed by atoms with E-state index in [0.29, 0.717) is 30.8 Å². The maximum absolute atomic E-state index is 12.1. The summed E-state index contributed by atoms with van der Waals surface area (Å²) in [4.78, 5) is 38.9. The van der Waals surface area contributed by atoms with Gasteiger partial charge < -0.3 is 15.7 Å². The second kappa shape index (κ2) is 8.09. The molecule has 1 aromatic carbocycles. The van der Waals surface area contributed by atoms with Gasteiger partial charge >= 0.3 is 5.97 Å². The van der Waals surface area contributed by atoms with Crippen LogP contribution in [0.25, 0.3) is 0 Å². The van der Waals surface area contributed by atoms with Crippen molar-refractivity contribution in [2.45, 2.75) is 25.7 Å². The van der Waals surface area contributed by atoms with E-state index in [0.717, 1.165) is 11.3 Å². The summed E-state index contributed by atoms with van der Waals surface area (Å²) in [5.74, 6) is -1.41. The van der Waals surface area contributed by atoms with Gasteiger partial charge in [-0.1, -0.05) is 18.2 Å². The van der Waals surface area contributed by atoms with Crippen molar-refractivity contribution in [1.82, 2.24) is 10.3 Å². The number of hydrogen-bond acceptors (Lipinski definition) is 5. The summed E-state index contributed by atoms with van der Waals surface area (Å²) in [6.45, 7) is 0.394. The number of carbonyl (C=O) groups excluding carboxylic acids is 2. The summed E-state index contributed by atoms with van der Waals surface area (Å²) >= 11 is 1.26. The van der Waals surface area contributed by atoms with Crippen LogP contribution >= 0.6 is 11.3 Å². The molecule has 3 rings (SSSR count). The lowest BCUT2D eigenvalue weighted by atomic mass is 9.89. The van der Waals surface area contributed by atoms with Crippen molar-refractivity contribution in [3.63, 3.8) is 0 Å². The molecule has 8 heteroatoms. The third-order valence-electron chi connectivity index (χ3n) is 4.26. The van der Waals surface area contributed by atoms with Gasteiger partial charge in [0.1, 0.15) is 0 Å². The molecule has 0 spiro atoms. The van der Waals surface area contributed by atoms with E-state index in [1.54, 1.807) is 0 Å². The molecule has 1 aromatic heterocycles. The fourth-order valence-electron chi connectivity index (χ4n) is 2.87. The molecule has 2 aromatic rings. The summed E-state index contributed by atoms with van der Waals surface area (Å²) in [6, 6.07) is 7.69. The van der Waals surface area contributed by atoms with Crippen molar-refractivity contribution < 1.29 is 19.5 Å². The minimum Gasteiger partial charge on any atom is -0.476 e. The van der Waals surface area contributed by atoms with Crippen LogP contribution in [0.1, 0.15) is 33.9 Å². The monoisotopic (exact) mass is 373 g/mol. The molecule has 3 N–H and O–H groups in total. The average Bonchev–Trinajstić information content (AvgIpc) is 3.09. The third kappa shape index (κ3) is 4.45. The minimum absolute atomic E-state index is 0.0277. The molecule has 2 heterocycles. The van der Waals surface area contributed by atoms with E-state index in [4.69, 9.17) is 5.11 Å². The molecular formula is C18H19N3O4S. The molecule has 0 radical (unpaired) electrons. The predicted octanol–water partition coefficient (Wildman–Crippen LogP) is 2.09. The molecule has 0 bridgehead atoms. The minimum atomic E-state index is -1.05. The Morgan fingerprint density at radius 1 is 1.35 bits per heavy atom. The van der Waals surface area contributed by atoms with E-state index < -0.39 is 5.97 Å². The van der Waals surface area contributed by atoms with Crippen LogP contribution in [0.4, 0.5) is 5.69 Å². The average molecular weight is 373 g/mol. The van der Waals surface area contributed by atoms with Crippen molar-refractivity contribution in [1.29, 1.82) is 0 Å². The van der Waals surface area contributed by atoms with E-state index in [-0.39, 0.29) is 29.8 Å². The zero-order chi connectivity index (χ0) is 18.5. The number of carbonyl (C=O) groups is 3. The summed E-state index contributed by atoms with van der Waals surface area (Å²) in [5, 5.41) is 16.7. The number of fused-ring (bicyclic) bond motifs is 1. The van der Waals surface area contributed by atoms with Crippen LogP contribution in [0.2, 0.25) is 0 Å². The van der Waals surface area contributed by atoms with Crippen LogP contribution in [0, 0.1) is 5.92 Å². The normalized spacial score (nSPS) is 15.8. The number of benzene rings is 1. The fourth-order valence-corrected chi connectivity index (χ4v) is 3.65. The fraction of sp³-hybridized carbons (Fsp3) is 0.333. The van der Waals surface area contributed by atoms with E-state index in [9.17, 15) is 14.4 Å². The second-order valence-electron chi connectivity index (χ2n) is 6.12. The molecule has 136 valence electrons. The zero-order valence-electron chi connectivity index (χ0n) is 14.0. The number of nitrogens with one attached hydrogen (secondary N) is 2. The van der Waals surface area contributed by atoms with Crippen molar-refractivity contribution >= 4 is 34.8 Å². The highest BCUT2D eigenvalue weighted by molar-refractivity contribution is 7.09. The van der Waals surface area contributed by atoms with Crippen molar-refractivity contribution in [2.24, 2.45) is 5.92 Å². The lowest BCUT2D eigenvalue weighted by molar-refractivity contribution is -0.122. The molecular weight excluding hydrogens is 354 g/mol. The molecule has 0 saturated carbocycles. The Balaban J connectivity index is 1.41. The van der Waals surface area contributed by atoms with Gasteiger partial charge in [0.2, 0.25) is 11.8 Å². The summed E-state index contributed by atoms with van der Waals surface area (Å²) < 4.78 is 0. The number of aromatic nitrogens is 1. The standard InChI is InChI=1S/C18H19N3O4S/c22-15(19-8-7-16-20-14(10-26-16)18(24)25)6-5-12-9-11-3-1-2-4-13(11)21-17(12)23/h1-4,10,12H,5-9H2,(H,19,22)(H,21,23)(H,24,25). The highest BCUT2D eigenvalue weighted by Gasteiger charge is 2.26. The first kappa shape index (κ1) is 18.1. The van der Waals surface area contributed by atoms with Gasteiger partial charge in [0.25, 0.3) is 0 Å². The molecule has 0 aliphatic carbocycles. The number of carboxylic acid groups (broad SMARTS) is 1. The lowest BCUT2D eigenvalue weighted by Gasteiger charge is -2.24. The largest absolute Gasteiger partial charge is 0.476 e. The van der Waals surface area contributed by atoms with Gasteiger partial charge in [0, 0.05) is 36.4 Å². The van der Waals surface area contributed by atoms with Crippen LogP contribution < -0.4 is 10.6 Å². The third-order valence-corrected chi connectivity index (χ3v) is 5.17. The first-order valence-electron chi connectivity index (χ1n) is 8.36. The Hall–Kier alpha value is -2.74. The SMILES string of the molecule is O=C(CCC1Cc2ccccc2NC1=O)NCCc1nc(C(=O)O)cs1. The molecule has 1 atom stereocenters. The van der Waals surface area contributed by atoms with E-state index >= 15 is 0 Å². The molecule has 0 saturated heterocycles. The van der Waals surface area contributed by atoms with Crippen molar-refractivity contribution in [3.8, 4) is 0 Å². The second-order valence-corrected chi connectivity index (χ2v) is 7.06. The van der Waals surface area contributed by atoms with Gasteiger partial charge in [0.15, 0.2) is 5.69 Å². The highest BCUT2D eigenvalue weighted by atomic mass is 32.1. The molecule has 0 fully saturated rings. The number of carboxylic acids is 1. The number of aromatic carboxylic acids is 1. The Bertz CT molecular complexity index is 833. The number of rotatable bonds is 7. The first-order chi connectivity index (χ1) is 12.5. The maximum atomic E-state index is 12.1. The summed E-state index contributed by atoms with van der Waals surface area (Å²) in [7, 11) is 0. The van der Waals surface area contributed by atoms with Crippen LogP contribution in [-0.4, -0.2) is 34.4 Å². The smallest absolute Gasteiger partial charge is 0.355 e. The Morgan fingerprint density at radius 3 is 2.92 bits per heavy atom. The van der Waals surface area contributed by atoms with Gasteiger partial charge in [-0.05, 0) is 24.5 Å². The molecule has 1 unspecified atom stereocenters. The maximum Gasteiger partial charge on any atom is 0.355 e. The van der Waals surface area contributed by atoms with E-state index in [2.05, 4.69) is 15.6 Å². The number of para-hydroxylation sites is 1. The highest BCUT2D eigenvalue weighted by Crippen LogP contribution is 2.27. The first-order valence-corrected chi connectivity index (χ1v) is 9.24. The van der Waals surface area contributed by atoms with Crippen molar-refractivity contribution in [2.75, 3.05) is 11.9 Å². The van der Waals surface area contributed by atoms with E-state index in [1.807, 2.05) is 24.3 Å². The van der Waals surface area contributed by atoms with Gasteiger partial charge in [-0.2, -0.15) is 0 Å². The summed E-state index contributed by atoms with van der Waals surface area (Å²) in [6.07, 6.45) is 1.90. The Kier molecular flexibility index (Phi) is 5.62. The Morgan fingerprint density at radius 2 is 2.15 bits per heavy atom. The van der Waals surface area contributed by atoms with Crippen molar-refractivity contribution in [3.05, 3.63) is 45.9 Å². The van der Waals surface area contributed by atoms with Gasteiger partial charge in [-0.25, -0.2) is 9.78 Å². The summed E-state index contributed by atoms with van der Waals surface area (Å²) in [5.41, 5.74) is 1.97. The van der Waals surface area contributed by atoms with E-state index in [1.165, 1.54) is 16.7 Å². The zero-order valence-corrected chi connectivity index (χ0v) is 14.8. The quantitative estimate of drug-likeness (QED) is 0.689. The molecule has 2 amide bonds. The van der Waals surface area contributed by atoms with Gasteiger partial charge in [-0.3, -0.25) is 9.59 Å². The van der Waals surface area contributed by atoms with Crippen LogP contribution in [0.3, 0.4) is 0 Å². The lowest BCUT2D eigenvalue weighted by Crippen LogP contribution is -2.32. The number of nitrogens with zero attached hydrogens (tertiary/aromatic N) is 1. The van der Waals surface area contributed by atoms with Gasteiger partial charge in [0.05, 0.1) is 5.01 Å². The number of hydrogen-bond donors (Lipinski definition) is 3. The molecule has 1 aliphatic rings. The number of amides is 2. The van der Waals surface area contributed by atoms with Crippen LogP contribution in [0.5, 0.6) is 0 Å². The topological polar surface area (TPSA) is 108 Å². The number of anilines is 1. The Labute approximate surface area is 154 Å². The van der Waals surface area contributed by atoms with Crippen LogP contribution in [0.15, 0.2) is 29.6 Å². The predicted molar refractivity (Wildman–Crippen MR) is 97.3 cm³/mol. The molecule has 7 nitrogen and oxygen atoms in total. The number of thiazole rings is 1. The molecule has 26 heavy (non-hydrogen) atoms. The van der Waals surface area contributed by atoms with Crippen LogP contribution in [-0.2, 0) is 22.4 Å². The van der Waals surface area contributed by atoms with Gasteiger partial charge in [-0.15, -0.1) is 11.3 Å². The molecule has 1 aliphatic heterocycles.